The van der Waals surface area contributed by atoms with E-state index in [1.54, 1.807) is 13.8 Å². The number of halogens is 3. The molecule has 0 aliphatic heterocycles. The Morgan fingerprint density at radius 2 is 1.84 bits per heavy atom. The summed E-state index contributed by atoms with van der Waals surface area (Å²) < 4.78 is 81.7. The van der Waals surface area contributed by atoms with E-state index >= 15 is 0 Å². The summed E-state index contributed by atoms with van der Waals surface area (Å²) in [6.45, 7) is 2.77. The van der Waals surface area contributed by atoms with Gasteiger partial charge in [-0.1, -0.05) is 24.3 Å². The van der Waals surface area contributed by atoms with Gasteiger partial charge in [0.15, 0.2) is 0 Å². The van der Waals surface area contributed by atoms with E-state index in [0.29, 0.717) is 6.42 Å². The summed E-state index contributed by atoms with van der Waals surface area (Å²) in [7, 11) is -4.34. The second-order valence-electron chi connectivity index (χ2n) is 8.13. The van der Waals surface area contributed by atoms with Crippen molar-refractivity contribution < 1.29 is 40.4 Å². The van der Waals surface area contributed by atoms with Gasteiger partial charge in [0, 0.05) is 5.92 Å². The molecule has 10 heteroatoms. The van der Waals surface area contributed by atoms with Gasteiger partial charge in [-0.25, -0.2) is 4.79 Å². The Hall–Kier alpha value is -2.59. The van der Waals surface area contributed by atoms with E-state index in [-0.39, 0.29) is 11.5 Å². The third kappa shape index (κ3) is 5.60. The summed E-state index contributed by atoms with van der Waals surface area (Å²) >= 11 is 0. The molecule has 1 aliphatic carbocycles. The van der Waals surface area contributed by atoms with Crippen LogP contribution in [0.2, 0.25) is 0 Å². The number of aryl methyl sites for hydroxylation is 1. The average molecular weight is 472 g/mol. The molecule has 1 aliphatic rings. The van der Waals surface area contributed by atoms with E-state index in [2.05, 4.69) is 0 Å². The third-order valence-electron chi connectivity index (χ3n) is 5.44. The molecule has 32 heavy (non-hydrogen) atoms. The Kier molecular flexibility index (Phi) is 6.57. The predicted octanol–water partition coefficient (Wildman–Crippen LogP) is 4.64. The number of hydrogen-bond acceptors (Lipinski definition) is 5. The maximum Gasteiger partial charge on any atom is 0.419 e. The number of hydrogen-bond donors (Lipinski definition) is 1. The highest BCUT2D eigenvalue weighted by Gasteiger charge is 2.41. The molecular weight excluding hydrogens is 449 g/mol. The van der Waals surface area contributed by atoms with Crippen molar-refractivity contribution in [3.8, 4) is 5.75 Å². The molecule has 0 heterocycles. The molecule has 0 amide bonds. The first kappa shape index (κ1) is 24.1. The number of benzene rings is 2. The molecule has 1 N–H and O–H groups in total. The highest BCUT2D eigenvalue weighted by molar-refractivity contribution is 7.85. The molecule has 1 atom stereocenters. The Morgan fingerprint density at radius 1 is 1.16 bits per heavy atom. The first-order valence-corrected chi connectivity index (χ1v) is 11.5. The smallest absolute Gasteiger partial charge is 0.419 e. The van der Waals surface area contributed by atoms with Crippen LogP contribution >= 0.6 is 0 Å². The summed E-state index contributed by atoms with van der Waals surface area (Å²) in [4.78, 5) is 12.2. The van der Waals surface area contributed by atoms with Gasteiger partial charge in [0.2, 0.25) is 0 Å². The first-order valence-electron chi connectivity index (χ1n) is 9.88. The molecule has 0 spiro atoms. The lowest BCUT2D eigenvalue weighted by Gasteiger charge is -2.34. The fourth-order valence-electron chi connectivity index (χ4n) is 3.92. The monoisotopic (exact) mass is 472 g/mol. The SMILES string of the molecule is CC(C)(Oc1cc(C(=O)OCCS(=O)(=O)O)ccc1C(F)(F)F)C1CCc2ccccc21. The van der Waals surface area contributed by atoms with Crippen LogP contribution in [0, 0.1) is 0 Å². The summed E-state index contributed by atoms with van der Waals surface area (Å²) in [6, 6.07) is 10.3. The number of alkyl halides is 3. The Labute approximate surface area is 184 Å². The zero-order valence-corrected chi connectivity index (χ0v) is 18.3. The van der Waals surface area contributed by atoms with Crippen LogP contribution in [-0.2, 0) is 27.5 Å². The highest BCUT2D eigenvalue weighted by Crippen LogP contribution is 2.45. The molecule has 0 radical (unpaired) electrons. The van der Waals surface area contributed by atoms with Gasteiger partial charge in [-0.3, -0.25) is 4.55 Å². The summed E-state index contributed by atoms with van der Waals surface area (Å²) in [6.07, 6.45) is -3.21. The van der Waals surface area contributed by atoms with Crippen LogP contribution in [0.15, 0.2) is 42.5 Å². The zero-order valence-electron chi connectivity index (χ0n) is 17.5. The Bertz CT molecular complexity index is 1110. The summed E-state index contributed by atoms with van der Waals surface area (Å²) in [5.41, 5.74) is -0.134. The zero-order chi connectivity index (χ0) is 23.7. The molecule has 0 saturated heterocycles. The van der Waals surface area contributed by atoms with Crippen molar-refractivity contribution in [1.29, 1.82) is 0 Å². The van der Waals surface area contributed by atoms with Crippen LogP contribution in [0.1, 0.15) is 53.2 Å². The van der Waals surface area contributed by atoms with Crippen molar-refractivity contribution in [3.63, 3.8) is 0 Å². The minimum atomic E-state index is -4.72. The van der Waals surface area contributed by atoms with Gasteiger partial charge < -0.3 is 9.47 Å². The van der Waals surface area contributed by atoms with Gasteiger partial charge in [0.25, 0.3) is 10.1 Å². The van der Waals surface area contributed by atoms with Crippen LogP contribution < -0.4 is 4.74 Å². The molecule has 3 rings (SSSR count). The lowest BCUT2D eigenvalue weighted by Crippen LogP contribution is -2.35. The van der Waals surface area contributed by atoms with E-state index in [9.17, 15) is 26.4 Å². The van der Waals surface area contributed by atoms with E-state index in [1.165, 1.54) is 0 Å². The van der Waals surface area contributed by atoms with Gasteiger partial charge in [0.1, 0.15) is 23.7 Å². The van der Waals surface area contributed by atoms with Gasteiger partial charge >= 0.3 is 12.1 Å². The quantitative estimate of drug-likeness (QED) is 0.467. The molecule has 2 aromatic carbocycles. The molecule has 6 nitrogen and oxygen atoms in total. The van der Waals surface area contributed by atoms with Crippen molar-refractivity contribution in [2.24, 2.45) is 0 Å². The summed E-state index contributed by atoms with van der Waals surface area (Å²) in [5, 5.41) is 0. The minimum Gasteiger partial charge on any atom is -0.487 e. The number of carbonyl (C=O) groups excluding carboxylic acids is 1. The first-order chi connectivity index (χ1) is 14.8. The number of ether oxygens (including phenoxy) is 2. The van der Waals surface area contributed by atoms with Crippen molar-refractivity contribution in [2.75, 3.05) is 12.4 Å². The fourth-order valence-corrected chi connectivity index (χ4v) is 4.22. The normalized spacial score (nSPS) is 16.5. The molecular formula is C22H23F3O6S. The Morgan fingerprint density at radius 3 is 2.50 bits per heavy atom. The van der Waals surface area contributed by atoms with Crippen LogP contribution in [0.5, 0.6) is 5.75 Å². The van der Waals surface area contributed by atoms with Crippen molar-refractivity contribution in [1.82, 2.24) is 0 Å². The molecule has 0 aromatic heterocycles. The van der Waals surface area contributed by atoms with Gasteiger partial charge in [-0.2, -0.15) is 21.6 Å². The minimum absolute atomic E-state index is 0.148. The predicted molar refractivity (Wildman–Crippen MR) is 110 cm³/mol. The molecule has 2 aromatic rings. The number of fused-ring (bicyclic) bond motifs is 1. The second-order valence-corrected chi connectivity index (χ2v) is 9.70. The van der Waals surface area contributed by atoms with Crippen LogP contribution in [0.25, 0.3) is 0 Å². The molecule has 0 saturated carbocycles. The maximum absolute atomic E-state index is 13.6. The van der Waals surface area contributed by atoms with Crippen molar-refractivity contribution >= 4 is 16.1 Å². The van der Waals surface area contributed by atoms with Crippen LogP contribution in [0.4, 0.5) is 13.2 Å². The van der Waals surface area contributed by atoms with Crippen LogP contribution in [0.3, 0.4) is 0 Å². The molecule has 174 valence electrons. The maximum atomic E-state index is 13.6. The van der Waals surface area contributed by atoms with E-state index in [1.807, 2.05) is 24.3 Å². The van der Waals surface area contributed by atoms with Gasteiger partial charge in [0.05, 0.1) is 11.1 Å². The van der Waals surface area contributed by atoms with E-state index < -0.39 is 51.5 Å². The molecule has 0 bridgehead atoms. The highest BCUT2D eigenvalue weighted by atomic mass is 32.2. The standard InChI is InChI=1S/C22H23F3O6S/c1-21(2,17-9-7-14-5-3-4-6-16(14)17)31-19-13-15(8-10-18(19)22(23,24)25)20(26)30-11-12-32(27,28)29/h3-6,8,10,13,17H,7,9,11-12H2,1-2H3,(H,27,28,29). The molecule has 0 fully saturated rings. The number of esters is 1. The molecule has 1 unspecified atom stereocenters. The number of rotatable bonds is 7. The largest absolute Gasteiger partial charge is 0.487 e. The van der Waals surface area contributed by atoms with E-state index in [4.69, 9.17) is 14.0 Å². The topological polar surface area (TPSA) is 89.9 Å². The van der Waals surface area contributed by atoms with Gasteiger partial charge in [-0.15, -0.1) is 0 Å². The summed E-state index contributed by atoms with van der Waals surface area (Å²) in [5.74, 6) is -2.52. The van der Waals surface area contributed by atoms with Crippen LogP contribution in [-0.4, -0.2) is 36.9 Å². The average Bonchev–Trinajstić information content (AvgIpc) is 3.10. The van der Waals surface area contributed by atoms with E-state index in [0.717, 1.165) is 35.7 Å². The third-order valence-corrected chi connectivity index (χ3v) is 6.12. The second kappa shape index (κ2) is 8.74. The lowest BCUT2D eigenvalue weighted by atomic mass is 9.85. The van der Waals surface area contributed by atoms with Crippen molar-refractivity contribution in [2.45, 2.75) is 44.4 Å². The van der Waals surface area contributed by atoms with Gasteiger partial charge in [-0.05, 0) is 56.0 Å². The van der Waals surface area contributed by atoms with Crippen molar-refractivity contribution in [3.05, 3.63) is 64.7 Å². The lowest BCUT2D eigenvalue weighted by molar-refractivity contribution is -0.140. The number of carbonyl (C=O) groups is 1. The Balaban J connectivity index is 1.88. The fraction of sp³-hybridized carbons (Fsp3) is 0.409.